The number of rotatable bonds is 6. The molecule has 6 heterocycles. The van der Waals surface area contributed by atoms with Gasteiger partial charge in [0, 0.05) is 69.7 Å². The fourth-order valence-electron chi connectivity index (χ4n) is 4.09. The molecule has 0 fully saturated rings. The Morgan fingerprint density at radius 2 is 1.91 bits per heavy atom. The van der Waals surface area contributed by atoms with Crippen LogP contribution < -0.4 is 5.32 Å². The molecule has 0 aliphatic heterocycles. The smallest absolute Gasteiger partial charge is 0.181 e. The summed E-state index contributed by atoms with van der Waals surface area (Å²) in [6.07, 6.45) is 7.46. The lowest BCUT2D eigenvalue weighted by atomic mass is 10.1. The number of fused-ring (bicyclic) bond motifs is 2. The quantitative estimate of drug-likeness (QED) is 0.315. The summed E-state index contributed by atoms with van der Waals surface area (Å²) in [7, 11) is 0. The normalized spacial score (nSPS) is 11.5. The molecule has 0 saturated heterocycles. The maximum atomic E-state index is 4.63. The first-order valence-corrected chi connectivity index (χ1v) is 11.7. The van der Waals surface area contributed by atoms with Gasteiger partial charge in [0.2, 0.25) is 0 Å². The molecular formula is C25H21N7S. The number of pyridine rings is 3. The van der Waals surface area contributed by atoms with E-state index in [1.807, 2.05) is 30.9 Å². The number of thiophene rings is 1. The van der Waals surface area contributed by atoms with Crippen LogP contribution >= 0.6 is 11.3 Å². The Morgan fingerprint density at radius 1 is 0.970 bits per heavy atom. The van der Waals surface area contributed by atoms with Crippen molar-refractivity contribution in [3.8, 4) is 33.8 Å². The van der Waals surface area contributed by atoms with Crippen LogP contribution in [-0.4, -0.2) is 36.7 Å². The monoisotopic (exact) mass is 451 g/mol. The Labute approximate surface area is 194 Å². The van der Waals surface area contributed by atoms with Crippen molar-refractivity contribution in [2.24, 2.45) is 0 Å². The van der Waals surface area contributed by atoms with E-state index in [1.54, 1.807) is 11.3 Å². The lowest BCUT2D eigenvalue weighted by molar-refractivity contribution is 0.724. The van der Waals surface area contributed by atoms with Crippen molar-refractivity contribution in [1.82, 2.24) is 35.5 Å². The number of hydrogen-bond acceptors (Lipinski definition) is 6. The van der Waals surface area contributed by atoms with Crippen molar-refractivity contribution >= 4 is 33.3 Å². The Morgan fingerprint density at radius 3 is 2.79 bits per heavy atom. The van der Waals surface area contributed by atoms with E-state index in [9.17, 15) is 0 Å². The first kappa shape index (κ1) is 19.8. The number of hydrogen-bond donors (Lipinski definition) is 3. The van der Waals surface area contributed by atoms with Crippen LogP contribution in [-0.2, 0) is 6.54 Å². The average Bonchev–Trinajstić information content (AvgIpc) is 3.61. The van der Waals surface area contributed by atoms with Crippen LogP contribution in [0.2, 0.25) is 0 Å². The van der Waals surface area contributed by atoms with Gasteiger partial charge in [0.25, 0.3) is 0 Å². The van der Waals surface area contributed by atoms with Crippen LogP contribution in [0.15, 0.2) is 65.9 Å². The molecule has 6 aromatic heterocycles. The van der Waals surface area contributed by atoms with E-state index >= 15 is 0 Å². The van der Waals surface area contributed by atoms with Gasteiger partial charge < -0.3 is 10.3 Å². The molecule has 8 heteroatoms. The molecule has 6 aromatic rings. The highest BCUT2D eigenvalue weighted by Gasteiger charge is 2.15. The lowest BCUT2D eigenvalue weighted by Crippen LogP contribution is -2.11. The molecule has 0 amide bonds. The van der Waals surface area contributed by atoms with Gasteiger partial charge in [-0.2, -0.15) is 16.4 Å². The maximum Gasteiger partial charge on any atom is 0.181 e. The third kappa shape index (κ3) is 3.59. The van der Waals surface area contributed by atoms with Gasteiger partial charge in [-0.15, -0.1) is 0 Å². The van der Waals surface area contributed by atoms with Gasteiger partial charge in [0.05, 0.1) is 17.1 Å². The van der Waals surface area contributed by atoms with Crippen LogP contribution in [0.5, 0.6) is 0 Å². The molecule has 33 heavy (non-hydrogen) atoms. The minimum atomic E-state index is 0.681. The number of nitrogens with one attached hydrogen (secondary N) is 3. The number of aromatic nitrogens is 6. The highest BCUT2D eigenvalue weighted by atomic mass is 32.1. The van der Waals surface area contributed by atoms with E-state index in [0.29, 0.717) is 5.65 Å². The molecule has 0 bridgehead atoms. The standard InChI is InChI=1S/C25H21N7S/c1-2-26-10-15-7-17(12-27-11-15)18-8-20-24(31-32-25(20)29-13-18)22-9-19-21(30-22)3-5-28-23(19)16-4-6-33-14-16/h3-9,11-14,26,30H,2,10H2,1H3,(H,29,31,32). The summed E-state index contributed by atoms with van der Waals surface area (Å²) in [5, 5.41) is 17.2. The van der Waals surface area contributed by atoms with Gasteiger partial charge in [-0.25, -0.2) is 4.98 Å². The molecule has 6 rings (SSSR count). The second kappa shape index (κ2) is 8.23. The molecule has 0 unspecified atom stereocenters. The number of nitrogens with zero attached hydrogens (tertiary/aromatic N) is 4. The fraction of sp³-hybridized carbons (Fsp3) is 0.120. The predicted octanol–water partition coefficient (Wildman–Crippen LogP) is 5.40. The van der Waals surface area contributed by atoms with Gasteiger partial charge in [0.1, 0.15) is 0 Å². The van der Waals surface area contributed by atoms with E-state index in [0.717, 1.165) is 68.7 Å². The van der Waals surface area contributed by atoms with E-state index < -0.39 is 0 Å². The second-order valence-electron chi connectivity index (χ2n) is 7.87. The van der Waals surface area contributed by atoms with Gasteiger partial charge >= 0.3 is 0 Å². The predicted molar refractivity (Wildman–Crippen MR) is 133 cm³/mol. The van der Waals surface area contributed by atoms with Crippen molar-refractivity contribution in [2.45, 2.75) is 13.5 Å². The van der Waals surface area contributed by atoms with Crippen molar-refractivity contribution < 1.29 is 0 Å². The summed E-state index contributed by atoms with van der Waals surface area (Å²) in [4.78, 5) is 17.2. The summed E-state index contributed by atoms with van der Waals surface area (Å²) >= 11 is 1.67. The minimum absolute atomic E-state index is 0.681. The zero-order valence-corrected chi connectivity index (χ0v) is 18.8. The first-order valence-electron chi connectivity index (χ1n) is 10.8. The molecule has 0 atom stereocenters. The van der Waals surface area contributed by atoms with Gasteiger partial charge in [0.15, 0.2) is 5.65 Å². The van der Waals surface area contributed by atoms with Gasteiger partial charge in [-0.05, 0) is 47.8 Å². The SMILES string of the molecule is CCNCc1cncc(-c2cnc3n[nH]c(-c4cc5c(-c6ccsc6)nccc5[nH]4)c3c2)c1. The Kier molecular flexibility index (Phi) is 4.93. The summed E-state index contributed by atoms with van der Waals surface area (Å²) in [5.74, 6) is 0. The Bertz CT molecular complexity index is 1560. The summed E-state index contributed by atoms with van der Waals surface area (Å²) < 4.78 is 0. The van der Waals surface area contributed by atoms with Crippen LogP contribution in [0.25, 0.3) is 55.7 Å². The molecule has 0 saturated carbocycles. The average molecular weight is 452 g/mol. The number of H-pyrrole nitrogens is 2. The molecule has 0 aromatic carbocycles. The zero-order chi connectivity index (χ0) is 22.2. The van der Waals surface area contributed by atoms with Crippen molar-refractivity contribution in [3.63, 3.8) is 0 Å². The van der Waals surface area contributed by atoms with Crippen molar-refractivity contribution in [1.29, 1.82) is 0 Å². The molecule has 7 nitrogen and oxygen atoms in total. The lowest BCUT2D eigenvalue weighted by Gasteiger charge is -2.05. The first-order chi connectivity index (χ1) is 16.3. The van der Waals surface area contributed by atoms with Crippen LogP contribution in [0.3, 0.4) is 0 Å². The Hall–Kier alpha value is -3.88. The van der Waals surface area contributed by atoms with E-state index in [1.165, 1.54) is 0 Å². The summed E-state index contributed by atoms with van der Waals surface area (Å²) in [6, 6.07) is 10.5. The van der Waals surface area contributed by atoms with Crippen molar-refractivity contribution in [3.05, 3.63) is 71.4 Å². The molecular weight excluding hydrogens is 430 g/mol. The van der Waals surface area contributed by atoms with Crippen LogP contribution in [0, 0.1) is 0 Å². The second-order valence-corrected chi connectivity index (χ2v) is 8.65. The molecule has 0 aliphatic carbocycles. The molecule has 162 valence electrons. The largest absolute Gasteiger partial charge is 0.353 e. The molecule has 0 radical (unpaired) electrons. The topological polar surface area (TPSA) is 95.2 Å². The van der Waals surface area contributed by atoms with Crippen LogP contribution in [0.1, 0.15) is 12.5 Å². The fourth-order valence-corrected chi connectivity index (χ4v) is 4.73. The van der Waals surface area contributed by atoms with E-state index in [2.05, 4.69) is 77.4 Å². The molecule has 0 spiro atoms. The highest BCUT2D eigenvalue weighted by Crippen LogP contribution is 2.34. The minimum Gasteiger partial charge on any atom is -0.353 e. The molecule has 3 N–H and O–H groups in total. The van der Waals surface area contributed by atoms with Gasteiger partial charge in [-0.3, -0.25) is 15.1 Å². The number of aromatic amines is 2. The third-order valence-corrected chi connectivity index (χ3v) is 6.41. The summed E-state index contributed by atoms with van der Waals surface area (Å²) in [5.41, 5.74) is 8.86. The van der Waals surface area contributed by atoms with Crippen LogP contribution in [0.4, 0.5) is 0 Å². The maximum absolute atomic E-state index is 4.63. The van der Waals surface area contributed by atoms with E-state index in [-0.39, 0.29) is 0 Å². The molecule has 0 aliphatic rings. The van der Waals surface area contributed by atoms with Crippen molar-refractivity contribution in [2.75, 3.05) is 6.54 Å². The zero-order valence-electron chi connectivity index (χ0n) is 18.0. The van der Waals surface area contributed by atoms with Gasteiger partial charge in [-0.1, -0.05) is 6.92 Å². The highest BCUT2D eigenvalue weighted by molar-refractivity contribution is 7.08. The van der Waals surface area contributed by atoms with E-state index in [4.69, 9.17) is 0 Å². The third-order valence-electron chi connectivity index (χ3n) is 5.73. The Balaban J connectivity index is 1.44. The summed E-state index contributed by atoms with van der Waals surface area (Å²) in [6.45, 7) is 3.81.